The molecule has 2 aliphatic rings. The van der Waals surface area contributed by atoms with E-state index in [1.54, 1.807) is 6.07 Å². The van der Waals surface area contributed by atoms with Gasteiger partial charge in [-0.3, -0.25) is 0 Å². The lowest BCUT2D eigenvalue weighted by molar-refractivity contribution is 0.232. The van der Waals surface area contributed by atoms with Gasteiger partial charge in [-0.25, -0.2) is 12.8 Å². The Balaban J connectivity index is 1.82. The highest BCUT2D eigenvalue weighted by atomic mass is 32.2. The molecule has 0 saturated heterocycles. The van der Waals surface area contributed by atoms with Crippen molar-refractivity contribution < 1.29 is 17.5 Å². The topological polar surface area (TPSA) is 55.4 Å². The van der Waals surface area contributed by atoms with Gasteiger partial charge in [0.05, 0.1) is 11.9 Å². The van der Waals surface area contributed by atoms with E-state index in [0.717, 1.165) is 31.2 Å². The van der Waals surface area contributed by atoms with Crippen LogP contribution in [0.4, 0.5) is 4.39 Å². The second kappa shape index (κ2) is 6.16. The number of halogens is 1. The number of fused-ring (bicyclic) bond motifs is 1. The third-order valence-electron chi connectivity index (χ3n) is 4.68. The molecule has 1 aliphatic carbocycles. The number of benzene rings is 1. The molecule has 1 saturated carbocycles. The van der Waals surface area contributed by atoms with Crippen molar-refractivity contribution in [3.8, 4) is 5.75 Å². The van der Waals surface area contributed by atoms with Crippen molar-refractivity contribution in [3.05, 3.63) is 29.6 Å². The van der Waals surface area contributed by atoms with E-state index in [2.05, 4.69) is 5.32 Å². The Bertz CT molecular complexity index is 647. The smallest absolute Gasteiger partial charge is 0.151 e. The molecule has 1 N–H and O–H groups in total. The molecule has 6 heteroatoms. The summed E-state index contributed by atoms with van der Waals surface area (Å²) in [6, 6.07) is 4.41. The molecule has 1 fully saturated rings. The van der Waals surface area contributed by atoms with E-state index in [1.165, 1.54) is 18.4 Å². The molecular formula is C16H22FNO3S. The Morgan fingerprint density at radius 1 is 1.23 bits per heavy atom. The van der Waals surface area contributed by atoms with Crippen molar-refractivity contribution >= 4 is 9.84 Å². The van der Waals surface area contributed by atoms with Crippen molar-refractivity contribution in [2.75, 3.05) is 12.9 Å². The predicted molar refractivity (Wildman–Crippen MR) is 83.3 cm³/mol. The van der Waals surface area contributed by atoms with Crippen molar-refractivity contribution in [1.82, 2.24) is 5.32 Å². The molecule has 122 valence electrons. The first-order valence-corrected chi connectivity index (χ1v) is 9.78. The normalized spacial score (nSPS) is 28.7. The van der Waals surface area contributed by atoms with Crippen LogP contribution in [-0.2, 0) is 9.84 Å². The van der Waals surface area contributed by atoms with E-state index in [4.69, 9.17) is 4.74 Å². The molecule has 1 aromatic carbocycles. The van der Waals surface area contributed by atoms with Crippen LogP contribution in [0.2, 0.25) is 0 Å². The Labute approximate surface area is 131 Å². The van der Waals surface area contributed by atoms with E-state index >= 15 is 0 Å². The maximum Gasteiger partial charge on any atom is 0.151 e. The minimum atomic E-state index is -3.08. The molecule has 22 heavy (non-hydrogen) atoms. The fraction of sp³-hybridized carbons (Fsp3) is 0.625. The Hall–Kier alpha value is -1.14. The second-order valence-corrected chi connectivity index (χ2v) is 8.56. The first-order valence-electron chi connectivity index (χ1n) is 7.82. The van der Waals surface area contributed by atoms with Crippen LogP contribution in [0.1, 0.15) is 43.7 Å². The maximum atomic E-state index is 13.5. The van der Waals surface area contributed by atoms with Gasteiger partial charge in [-0.15, -0.1) is 0 Å². The van der Waals surface area contributed by atoms with Crippen LogP contribution in [0, 0.1) is 5.82 Å². The minimum absolute atomic E-state index is 0.0493. The van der Waals surface area contributed by atoms with E-state index in [9.17, 15) is 12.8 Å². The fourth-order valence-electron chi connectivity index (χ4n) is 3.60. The highest BCUT2D eigenvalue weighted by Crippen LogP contribution is 2.34. The Kier molecular flexibility index (Phi) is 4.41. The Morgan fingerprint density at radius 3 is 2.77 bits per heavy atom. The van der Waals surface area contributed by atoms with Crippen LogP contribution in [0.25, 0.3) is 0 Å². The summed E-state index contributed by atoms with van der Waals surface area (Å²) in [6.07, 6.45) is 5.58. The number of hydrogen-bond donors (Lipinski definition) is 1. The molecule has 1 aromatic rings. The number of ether oxygens (including phenoxy) is 1. The second-order valence-electron chi connectivity index (χ2n) is 6.30. The average molecular weight is 327 g/mol. The zero-order valence-corrected chi connectivity index (χ0v) is 13.5. The molecule has 1 heterocycles. The number of rotatable bonds is 3. The van der Waals surface area contributed by atoms with Gasteiger partial charge in [-0.2, -0.15) is 0 Å². The molecule has 3 atom stereocenters. The van der Waals surface area contributed by atoms with Gasteiger partial charge in [0.25, 0.3) is 0 Å². The van der Waals surface area contributed by atoms with Gasteiger partial charge in [0.1, 0.15) is 11.6 Å². The maximum absolute atomic E-state index is 13.5. The zero-order chi connectivity index (χ0) is 15.7. The first kappa shape index (κ1) is 15.7. The molecule has 3 rings (SSSR count). The van der Waals surface area contributed by atoms with Crippen LogP contribution >= 0.6 is 0 Å². The van der Waals surface area contributed by atoms with Gasteiger partial charge in [-0.1, -0.05) is 12.8 Å². The molecule has 0 unspecified atom stereocenters. The van der Waals surface area contributed by atoms with E-state index < -0.39 is 9.84 Å². The van der Waals surface area contributed by atoms with Gasteiger partial charge < -0.3 is 10.1 Å². The molecule has 4 nitrogen and oxygen atoms in total. The number of hydrogen-bond acceptors (Lipinski definition) is 4. The molecule has 0 bridgehead atoms. The minimum Gasteiger partial charge on any atom is -0.493 e. The lowest BCUT2D eigenvalue weighted by Gasteiger charge is -2.36. The predicted octanol–water partition coefficient (Wildman–Crippen LogP) is 2.59. The van der Waals surface area contributed by atoms with Crippen molar-refractivity contribution in [2.45, 2.75) is 49.4 Å². The quantitative estimate of drug-likeness (QED) is 0.927. The lowest BCUT2D eigenvalue weighted by atomic mass is 9.92. The SMILES string of the molecule is CS(=O)(=O)[C@@H]1CCCC[C@H]1N[C@H]1CCOc2ccc(F)cc21. The van der Waals surface area contributed by atoms with Gasteiger partial charge in [-0.05, 0) is 31.0 Å². The number of sulfone groups is 1. The molecule has 1 aliphatic heterocycles. The van der Waals surface area contributed by atoms with Gasteiger partial charge >= 0.3 is 0 Å². The third-order valence-corrected chi connectivity index (χ3v) is 6.34. The fourth-order valence-corrected chi connectivity index (χ4v) is 5.00. The lowest BCUT2D eigenvalue weighted by Crippen LogP contribution is -2.48. The highest BCUT2D eigenvalue weighted by molar-refractivity contribution is 7.91. The summed E-state index contributed by atoms with van der Waals surface area (Å²) in [7, 11) is -3.08. The standard InChI is InChI=1S/C16H22FNO3S/c1-22(19,20)16-5-3-2-4-14(16)18-13-8-9-21-15-7-6-11(17)10-12(13)15/h6-7,10,13-14,16,18H,2-5,8-9H2,1H3/t13-,14+,16+/m0/s1. The first-order chi connectivity index (χ1) is 10.4. The van der Waals surface area contributed by atoms with Crippen LogP contribution in [0.3, 0.4) is 0 Å². The molecule has 0 aromatic heterocycles. The Morgan fingerprint density at radius 2 is 2.00 bits per heavy atom. The molecule has 0 amide bonds. The molecule has 0 spiro atoms. The van der Waals surface area contributed by atoms with Crippen LogP contribution in [0.15, 0.2) is 18.2 Å². The van der Waals surface area contributed by atoms with E-state index in [1.807, 2.05) is 0 Å². The largest absolute Gasteiger partial charge is 0.493 e. The summed E-state index contributed by atoms with van der Waals surface area (Å²) in [6.45, 7) is 0.562. The summed E-state index contributed by atoms with van der Waals surface area (Å²) >= 11 is 0. The van der Waals surface area contributed by atoms with Crippen LogP contribution in [-0.4, -0.2) is 32.6 Å². The number of nitrogens with one attached hydrogen (secondary N) is 1. The van der Waals surface area contributed by atoms with Crippen molar-refractivity contribution in [1.29, 1.82) is 0 Å². The summed E-state index contributed by atoms with van der Waals surface area (Å²) < 4.78 is 43.1. The van der Waals surface area contributed by atoms with Crippen LogP contribution < -0.4 is 10.1 Å². The summed E-state index contributed by atoms with van der Waals surface area (Å²) in [4.78, 5) is 0. The van der Waals surface area contributed by atoms with Crippen LogP contribution in [0.5, 0.6) is 5.75 Å². The highest BCUT2D eigenvalue weighted by Gasteiger charge is 2.35. The van der Waals surface area contributed by atoms with Crippen molar-refractivity contribution in [3.63, 3.8) is 0 Å². The summed E-state index contributed by atoms with van der Waals surface area (Å²) in [5.41, 5.74) is 0.795. The van der Waals surface area contributed by atoms with E-state index in [-0.39, 0.29) is 23.2 Å². The van der Waals surface area contributed by atoms with Gasteiger partial charge in [0.15, 0.2) is 9.84 Å². The molecule has 0 radical (unpaired) electrons. The third kappa shape index (κ3) is 3.27. The van der Waals surface area contributed by atoms with Gasteiger partial charge in [0.2, 0.25) is 0 Å². The average Bonchev–Trinajstić information content (AvgIpc) is 2.47. The molecular weight excluding hydrogens is 305 g/mol. The van der Waals surface area contributed by atoms with Crippen molar-refractivity contribution in [2.24, 2.45) is 0 Å². The van der Waals surface area contributed by atoms with Gasteiger partial charge in [0, 0.05) is 30.3 Å². The summed E-state index contributed by atoms with van der Waals surface area (Å²) in [5, 5.41) is 3.13. The summed E-state index contributed by atoms with van der Waals surface area (Å²) in [5.74, 6) is 0.399. The monoisotopic (exact) mass is 327 g/mol. The van der Waals surface area contributed by atoms with E-state index in [0.29, 0.717) is 18.8 Å². The zero-order valence-electron chi connectivity index (χ0n) is 12.7.